The third kappa shape index (κ3) is 9.20. The van der Waals surface area contributed by atoms with Gasteiger partial charge in [-0.25, -0.2) is 4.99 Å². The Bertz CT molecular complexity index is 982. The Morgan fingerprint density at radius 2 is 1.56 bits per heavy atom. The first-order valence-corrected chi connectivity index (χ1v) is 13.1. The third-order valence-corrected chi connectivity index (χ3v) is 5.97. The summed E-state index contributed by atoms with van der Waals surface area (Å²) in [6.45, 7) is 12.4. The summed E-state index contributed by atoms with van der Waals surface area (Å²) in [7, 11) is 1.66. The predicted octanol–water partition coefficient (Wildman–Crippen LogP) is 9.40. The Kier molecular flexibility index (Phi) is 13.7. The maximum atomic E-state index is 13.5. The van der Waals surface area contributed by atoms with Crippen LogP contribution in [-0.2, 0) is 6.18 Å². The zero-order chi connectivity index (χ0) is 27.3. The first kappa shape index (κ1) is 31.6. The number of unbranched alkanes of at least 4 members (excludes halogenated alkanes) is 3. The van der Waals surface area contributed by atoms with E-state index >= 15 is 0 Å². The highest BCUT2D eigenvalue weighted by atomic mass is 35.5. The number of nitrogens with zero attached hydrogens (tertiary/aromatic N) is 2. The molecule has 1 aliphatic rings. The van der Waals surface area contributed by atoms with E-state index in [1.165, 1.54) is 37.8 Å². The number of benzene rings is 2. The van der Waals surface area contributed by atoms with Gasteiger partial charge in [0.15, 0.2) is 0 Å². The molecule has 2 aromatic carbocycles. The number of rotatable bonds is 6. The predicted molar refractivity (Wildman–Crippen MR) is 147 cm³/mol. The normalized spacial score (nSPS) is 16.0. The molecule has 36 heavy (non-hydrogen) atoms. The average molecular weight is 524 g/mol. The van der Waals surface area contributed by atoms with Crippen LogP contribution in [0.3, 0.4) is 0 Å². The van der Waals surface area contributed by atoms with Gasteiger partial charge in [-0.15, -0.1) is 0 Å². The van der Waals surface area contributed by atoms with Crippen LogP contribution in [0.4, 0.5) is 13.2 Å². The van der Waals surface area contributed by atoms with Gasteiger partial charge in [-0.2, -0.15) is 13.2 Å². The SMILES string of the molecule is CC.CCCCCC.Cc1ccccc1C(C)NC1=NC(c2ccccc2C(F)(F)F)N(C)C=C1Cl. The summed E-state index contributed by atoms with van der Waals surface area (Å²) >= 11 is 6.34. The molecule has 2 atom stereocenters. The minimum Gasteiger partial charge on any atom is -0.362 e. The summed E-state index contributed by atoms with van der Waals surface area (Å²) in [6, 6.07) is 13.3. The van der Waals surface area contributed by atoms with Crippen LogP contribution in [-0.4, -0.2) is 17.8 Å². The minimum absolute atomic E-state index is 0.0840. The first-order chi connectivity index (χ1) is 17.1. The zero-order valence-corrected chi connectivity index (χ0v) is 23.3. The van der Waals surface area contributed by atoms with Crippen LogP contribution >= 0.6 is 11.6 Å². The highest BCUT2D eigenvalue weighted by molar-refractivity contribution is 6.43. The smallest absolute Gasteiger partial charge is 0.362 e. The van der Waals surface area contributed by atoms with Crippen LogP contribution in [0, 0.1) is 6.92 Å². The van der Waals surface area contributed by atoms with Crippen molar-refractivity contribution in [2.24, 2.45) is 4.99 Å². The molecule has 0 saturated carbocycles. The van der Waals surface area contributed by atoms with E-state index < -0.39 is 17.9 Å². The summed E-state index contributed by atoms with van der Waals surface area (Å²) in [4.78, 5) is 6.09. The van der Waals surface area contributed by atoms with E-state index in [2.05, 4.69) is 24.2 Å². The van der Waals surface area contributed by atoms with Gasteiger partial charge < -0.3 is 10.2 Å². The molecule has 1 heterocycles. The Morgan fingerprint density at radius 1 is 1.00 bits per heavy atom. The maximum Gasteiger partial charge on any atom is 0.416 e. The fourth-order valence-corrected chi connectivity index (χ4v) is 4.07. The molecule has 1 aliphatic heterocycles. The molecule has 2 aromatic rings. The summed E-state index contributed by atoms with van der Waals surface area (Å²) in [5.74, 6) is 0.373. The molecule has 3 rings (SSSR count). The molecule has 0 saturated heterocycles. The van der Waals surface area contributed by atoms with Crippen molar-refractivity contribution < 1.29 is 13.2 Å². The molecular formula is C29H41ClF3N3. The maximum absolute atomic E-state index is 13.5. The van der Waals surface area contributed by atoms with Crippen molar-refractivity contribution in [3.8, 4) is 0 Å². The number of nitrogens with one attached hydrogen (secondary N) is 1. The lowest BCUT2D eigenvalue weighted by Gasteiger charge is -2.32. The van der Waals surface area contributed by atoms with E-state index in [-0.39, 0.29) is 11.6 Å². The molecule has 0 aliphatic carbocycles. The standard InChI is InChI=1S/C21H21ClF3N3.C6H14.C2H6/c1-13-8-4-5-9-15(13)14(2)26-19-18(22)12-28(3)20(27-19)16-10-6-7-11-17(16)21(23,24)25;1-3-5-6-4-2;1-2/h4-12,14,20H,1-3H3,(H,26,27);3-6H2,1-2H3;1-2H3. The molecule has 0 spiro atoms. The first-order valence-electron chi connectivity index (χ1n) is 12.8. The lowest BCUT2D eigenvalue weighted by molar-refractivity contribution is -0.138. The third-order valence-electron chi connectivity index (χ3n) is 5.69. The molecule has 7 heteroatoms. The van der Waals surface area contributed by atoms with Crippen molar-refractivity contribution in [2.75, 3.05) is 7.05 Å². The van der Waals surface area contributed by atoms with Crippen LogP contribution in [0.25, 0.3) is 0 Å². The largest absolute Gasteiger partial charge is 0.416 e. The number of halogens is 4. The fourth-order valence-electron chi connectivity index (χ4n) is 3.82. The quantitative estimate of drug-likeness (QED) is 0.382. The van der Waals surface area contributed by atoms with Gasteiger partial charge >= 0.3 is 6.18 Å². The summed E-state index contributed by atoms with van der Waals surface area (Å²) in [5, 5.41) is 3.60. The number of hydrogen-bond acceptors (Lipinski definition) is 3. The number of amidine groups is 1. The number of aryl methyl sites for hydroxylation is 1. The molecule has 0 aromatic heterocycles. The van der Waals surface area contributed by atoms with E-state index in [0.29, 0.717) is 10.9 Å². The van der Waals surface area contributed by atoms with Gasteiger partial charge in [-0.1, -0.05) is 107 Å². The van der Waals surface area contributed by atoms with E-state index in [9.17, 15) is 13.2 Å². The molecule has 1 N–H and O–H groups in total. The van der Waals surface area contributed by atoms with Crippen LogP contribution in [0.1, 0.15) is 94.8 Å². The summed E-state index contributed by atoms with van der Waals surface area (Å²) in [6.07, 6.45) is 1.85. The molecule has 200 valence electrons. The van der Waals surface area contributed by atoms with Crippen molar-refractivity contribution in [1.29, 1.82) is 0 Å². The molecule has 0 fully saturated rings. The molecule has 0 bridgehead atoms. The van der Waals surface area contributed by atoms with Crippen LogP contribution in [0.5, 0.6) is 0 Å². The highest BCUT2D eigenvalue weighted by Crippen LogP contribution is 2.38. The highest BCUT2D eigenvalue weighted by Gasteiger charge is 2.36. The summed E-state index contributed by atoms with van der Waals surface area (Å²) in [5.41, 5.74) is 1.56. The fraction of sp³-hybridized carbons (Fsp3) is 0.483. The van der Waals surface area contributed by atoms with Gasteiger partial charge in [0.2, 0.25) is 0 Å². The van der Waals surface area contributed by atoms with E-state index in [1.54, 1.807) is 24.2 Å². The van der Waals surface area contributed by atoms with Gasteiger partial charge in [-0.05, 0) is 31.0 Å². The topological polar surface area (TPSA) is 27.6 Å². The monoisotopic (exact) mass is 523 g/mol. The van der Waals surface area contributed by atoms with Crippen molar-refractivity contribution >= 4 is 17.4 Å². The van der Waals surface area contributed by atoms with Crippen LogP contribution in [0.15, 0.2) is 64.8 Å². The Hall–Kier alpha value is -2.47. The van der Waals surface area contributed by atoms with Gasteiger partial charge in [0.25, 0.3) is 0 Å². The van der Waals surface area contributed by atoms with E-state index in [4.69, 9.17) is 11.6 Å². The van der Waals surface area contributed by atoms with Crippen LogP contribution < -0.4 is 5.32 Å². The lowest BCUT2D eigenvalue weighted by atomic mass is 10.0. The van der Waals surface area contributed by atoms with Gasteiger partial charge in [0.05, 0.1) is 16.6 Å². The zero-order valence-electron chi connectivity index (χ0n) is 22.6. The Morgan fingerprint density at radius 3 is 2.11 bits per heavy atom. The van der Waals surface area contributed by atoms with E-state index in [0.717, 1.165) is 17.2 Å². The lowest BCUT2D eigenvalue weighted by Crippen LogP contribution is -2.34. The van der Waals surface area contributed by atoms with Gasteiger partial charge in [-0.3, -0.25) is 0 Å². The van der Waals surface area contributed by atoms with Crippen LogP contribution in [0.2, 0.25) is 0 Å². The second-order valence-electron chi connectivity index (χ2n) is 8.51. The number of alkyl halides is 3. The second kappa shape index (κ2) is 15.6. The average Bonchev–Trinajstić information content (AvgIpc) is 2.85. The van der Waals surface area contributed by atoms with Crippen molar-refractivity contribution in [3.63, 3.8) is 0 Å². The minimum atomic E-state index is -4.46. The van der Waals surface area contributed by atoms with Gasteiger partial charge in [0, 0.05) is 18.8 Å². The van der Waals surface area contributed by atoms with Crippen molar-refractivity contribution in [1.82, 2.24) is 10.2 Å². The Balaban J connectivity index is 0.000000710. The number of aliphatic imine (C=N–C) groups is 1. The van der Waals surface area contributed by atoms with Gasteiger partial charge in [0.1, 0.15) is 12.0 Å². The molecular weight excluding hydrogens is 483 g/mol. The number of hydrogen-bond donors (Lipinski definition) is 1. The van der Waals surface area contributed by atoms with E-state index in [1.807, 2.05) is 52.0 Å². The molecule has 3 nitrogen and oxygen atoms in total. The molecule has 0 amide bonds. The summed E-state index contributed by atoms with van der Waals surface area (Å²) < 4.78 is 40.4. The molecule has 0 radical (unpaired) electrons. The Labute approximate surface area is 220 Å². The van der Waals surface area contributed by atoms with Crippen molar-refractivity contribution in [2.45, 2.75) is 85.6 Å². The molecule has 2 unspecified atom stereocenters. The second-order valence-corrected chi connectivity index (χ2v) is 8.92. The van der Waals surface area contributed by atoms with Crippen molar-refractivity contribution in [3.05, 3.63) is 82.0 Å².